The Bertz CT molecular complexity index is 944. The Morgan fingerprint density at radius 3 is 2.59 bits per heavy atom. The van der Waals surface area contributed by atoms with Crippen molar-refractivity contribution in [3.05, 3.63) is 69.8 Å². The first-order chi connectivity index (χ1) is 12.9. The van der Waals surface area contributed by atoms with Gasteiger partial charge in [0.15, 0.2) is 0 Å². The van der Waals surface area contributed by atoms with Gasteiger partial charge in [0, 0.05) is 27.7 Å². The number of benzene rings is 2. The summed E-state index contributed by atoms with van der Waals surface area (Å²) in [6, 6.07) is 17.2. The molecule has 0 saturated heterocycles. The molecule has 0 unspecified atom stereocenters. The van der Waals surface area contributed by atoms with Crippen LogP contribution in [0.4, 0.5) is 10.5 Å². The van der Waals surface area contributed by atoms with E-state index in [1.165, 1.54) is 0 Å². The maximum atomic E-state index is 12.9. The van der Waals surface area contributed by atoms with Crippen LogP contribution in [-0.2, 0) is 6.54 Å². The van der Waals surface area contributed by atoms with E-state index in [-0.39, 0.29) is 6.03 Å². The van der Waals surface area contributed by atoms with Crippen molar-refractivity contribution in [3.63, 3.8) is 0 Å². The largest absolute Gasteiger partial charge is 0.322 e. The summed E-state index contributed by atoms with van der Waals surface area (Å²) in [5.74, 6) is 0.327. The third kappa shape index (κ3) is 5.21. The molecule has 0 aliphatic rings. The average molecular weight is 447 g/mol. The number of amides is 2. The minimum Gasteiger partial charge on any atom is -0.320 e. The highest BCUT2D eigenvalue weighted by atomic mass is 79.9. The van der Waals surface area contributed by atoms with Crippen molar-refractivity contribution in [1.82, 2.24) is 9.88 Å². The number of hydrogen-bond donors (Lipinski definition) is 1. The molecule has 0 saturated carbocycles. The molecule has 0 radical (unpaired) electrons. The number of carbonyl (C=O) groups is 1. The summed E-state index contributed by atoms with van der Waals surface area (Å²) in [5.41, 5.74) is 2.43. The van der Waals surface area contributed by atoms with Gasteiger partial charge in [-0.1, -0.05) is 59.6 Å². The molecular weight excluding hydrogens is 426 g/mol. The molecule has 0 fully saturated rings. The molecule has 0 atom stereocenters. The zero-order chi connectivity index (χ0) is 19.4. The van der Waals surface area contributed by atoms with Gasteiger partial charge in [0.25, 0.3) is 0 Å². The van der Waals surface area contributed by atoms with Crippen LogP contribution in [0.3, 0.4) is 0 Å². The topological polar surface area (TPSA) is 45.2 Å². The van der Waals surface area contributed by atoms with E-state index >= 15 is 0 Å². The second kappa shape index (κ2) is 8.72. The normalized spacial score (nSPS) is 11.0. The van der Waals surface area contributed by atoms with Gasteiger partial charge >= 0.3 is 6.03 Å². The van der Waals surface area contributed by atoms with E-state index in [4.69, 9.17) is 11.6 Å². The van der Waals surface area contributed by atoms with Gasteiger partial charge in [0.05, 0.1) is 12.1 Å². The predicted octanol–water partition coefficient (Wildman–Crippen LogP) is 6.34. The predicted molar refractivity (Wildman–Crippen MR) is 115 cm³/mol. The molecule has 2 aromatic carbocycles. The number of hydrogen-bond acceptors (Lipinski definition) is 2. The van der Waals surface area contributed by atoms with Gasteiger partial charge in [-0.3, -0.25) is 0 Å². The van der Waals surface area contributed by atoms with Crippen molar-refractivity contribution >= 4 is 50.2 Å². The third-order valence-electron chi connectivity index (χ3n) is 4.08. The minimum absolute atomic E-state index is 0.157. The Hall–Kier alpha value is -2.11. The number of pyridine rings is 1. The number of halogens is 2. The van der Waals surface area contributed by atoms with Crippen molar-refractivity contribution in [2.45, 2.75) is 20.4 Å². The van der Waals surface area contributed by atoms with Crippen LogP contribution in [0.5, 0.6) is 0 Å². The summed E-state index contributed by atoms with van der Waals surface area (Å²) < 4.78 is 0.966. The van der Waals surface area contributed by atoms with Crippen molar-refractivity contribution < 1.29 is 4.79 Å². The number of fused-ring (bicyclic) bond motifs is 1. The molecule has 27 heavy (non-hydrogen) atoms. The zero-order valence-electron chi connectivity index (χ0n) is 15.2. The van der Waals surface area contributed by atoms with Gasteiger partial charge < -0.3 is 10.2 Å². The molecule has 3 aromatic rings. The Labute approximate surface area is 172 Å². The average Bonchev–Trinajstić information content (AvgIpc) is 2.63. The first-order valence-electron chi connectivity index (χ1n) is 8.78. The van der Waals surface area contributed by atoms with Crippen molar-refractivity contribution in [3.8, 4) is 0 Å². The van der Waals surface area contributed by atoms with E-state index in [0.29, 0.717) is 24.2 Å². The maximum Gasteiger partial charge on any atom is 0.322 e. The number of rotatable bonds is 5. The number of carbonyl (C=O) groups excluding carboxylic acids is 1. The first-order valence-corrected chi connectivity index (χ1v) is 9.95. The van der Waals surface area contributed by atoms with Crippen molar-refractivity contribution in [2.75, 3.05) is 11.9 Å². The third-order valence-corrected chi connectivity index (χ3v) is 4.94. The molecule has 0 bridgehead atoms. The lowest BCUT2D eigenvalue weighted by Crippen LogP contribution is -2.37. The lowest BCUT2D eigenvalue weighted by atomic mass is 10.1. The van der Waals surface area contributed by atoms with Crippen LogP contribution in [-0.4, -0.2) is 22.5 Å². The summed E-state index contributed by atoms with van der Waals surface area (Å²) in [4.78, 5) is 19.1. The number of para-hydroxylation sites is 1. The summed E-state index contributed by atoms with van der Waals surface area (Å²) in [6.45, 7) is 5.18. The second-order valence-electron chi connectivity index (χ2n) is 6.84. The molecule has 140 valence electrons. The van der Waals surface area contributed by atoms with Gasteiger partial charge in [0.1, 0.15) is 5.15 Å². The Morgan fingerprint density at radius 2 is 1.89 bits per heavy atom. The first kappa shape index (κ1) is 19.6. The molecule has 0 spiro atoms. The number of nitrogens with one attached hydrogen (secondary N) is 1. The smallest absolute Gasteiger partial charge is 0.320 e. The standard InChI is InChI=1S/C21H21BrClN3O/c1-14(2)12-26(21(27)24-18-9-7-17(22)8-10-18)13-16-11-15-5-3-4-6-19(15)25-20(16)23/h3-11,14H,12-13H2,1-2H3,(H,24,27). The highest BCUT2D eigenvalue weighted by Gasteiger charge is 2.18. The monoisotopic (exact) mass is 445 g/mol. The fraction of sp³-hybridized carbons (Fsp3) is 0.238. The van der Waals surface area contributed by atoms with Crippen LogP contribution in [0.15, 0.2) is 59.1 Å². The van der Waals surface area contributed by atoms with E-state index in [1.54, 1.807) is 4.90 Å². The quantitative estimate of drug-likeness (QED) is 0.465. The fourth-order valence-corrected chi connectivity index (χ4v) is 3.32. The number of urea groups is 1. The molecule has 1 heterocycles. The molecule has 4 nitrogen and oxygen atoms in total. The molecular formula is C21H21BrClN3O. The lowest BCUT2D eigenvalue weighted by molar-refractivity contribution is 0.201. The molecule has 0 aliphatic heterocycles. The van der Waals surface area contributed by atoms with Crippen LogP contribution in [0.1, 0.15) is 19.4 Å². The van der Waals surface area contributed by atoms with Gasteiger partial charge in [-0.15, -0.1) is 0 Å². The summed E-state index contributed by atoms with van der Waals surface area (Å²) >= 11 is 9.79. The molecule has 1 N–H and O–H groups in total. The fourth-order valence-electron chi connectivity index (χ4n) is 2.85. The lowest BCUT2D eigenvalue weighted by Gasteiger charge is -2.25. The number of anilines is 1. The molecule has 0 aliphatic carbocycles. The van der Waals surface area contributed by atoms with E-state index < -0.39 is 0 Å². The summed E-state index contributed by atoms with van der Waals surface area (Å²) in [6.07, 6.45) is 0. The van der Waals surface area contributed by atoms with Crippen LogP contribution in [0.25, 0.3) is 10.9 Å². The molecule has 1 aromatic heterocycles. The van der Waals surface area contributed by atoms with Crippen LogP contribution in [0.2, 0.25) is 5.15 Å². The van der Waals surface area contributed by atoms with Gasteiger partial charge in [-0.05, 0) is 42.3 Å². The van der Waals surface area contributed by atoms with Crippen LogP contribution < -0.4 is 5.32 Å². The van der Waals surface area contributed by atoms with E-state index in [0.717, 1.165) is 26.6 Å². The second-order valence-corrected chi connectivity index (χ2v) is 8.12. The van der Waals surface area contributed by atoms with E-state index in [9.17, 15) is 4.79 Å². The molecule has 2 amide bonds. The van der Waals surface area contributed by atoms with Crippen molar-refractivity contribution in [2.24, 2.45) is 5.92 Å². The number of aromatic nitrogens is 1. The van der Waals surface area contributed by atoms with Gasteiger partial charge in [-0.2, -0.15) is 0 Å². The van der Waals surface area contributed by atoms with Crippen LogP contribution >= 0.6 is 27.5 Å². The Kier molecular flexibility index (Phi) is 6.34. The highest BCUT2D eigenvalue weighted by Crippen LogP contribution is 2.23. The Balaban J connectivity index is 1.83. The highest BCUT2D eigenvalue weighted by molar-refractivity contribution is 9.10. The Morgan fingerprint density at radius 1 is 1.19 bits per heavy atom. The molecule has 3 rings (SSSR count). The maximum absolute atomic E-state index is 12.9. The SMILES string of the molecule is CC(C)CN(Cc1cc2ccccc2nc1Cl)C(=O)Nc1ccc(Br)cc1. The van der Waals surface area contributed by atoms with E-state index in [2.05, 4.69) is 40.1 Å². The minimum atomic E-state index is -0.157. The molecule has 6 heteroatoms. The van der Waals surface area contributed by atoms with Crippen molar-refractivity contribution in [1.29, 1.82) is 0 Å². The zero-order valence-corrected chi connectivity index (χ0v) is 17.6. The van der Waals surface area contributed by atoms with E-state index in [1.807, 2.05) is 54.6 Å². The number of nitrogens with zero attached hydrogens (tertiary/aromatic N) is 2. The van der Waals surface area contributed by atoms with Crippen LogP contribution in [0, 0.1) is 5.92 Å². The van der Waals surface area contributed by atoms with Gasteiger partial charge in [-0.25, -0.2) is 9.78 Å². The summed E-state index contributed by atoms with van der Waals surface area (Å²) in [7, 11) is 0. The van der Waals surface area contributed by atoms with Gasteiger partial charge in [0.2, 0.25) is 0 Å². The summed E-state index contributed by atoms with van der Waals surface area (Å²) in [5, 5.41) is 4.39.